The standard InChI is InChI=1S/C14H13FN2O2S/c1-2-19-11-5-3-10(4-6-11)9-16-17-14(18)12-7-8-13(15)20-12/h3-9H,2H2,1H3,(H,17,18)/b16-9+. The van der Waals surface area contributed by atoms with Crippen molar-refractivity contribution < 1.29 is 13.9 Å². The molecule has 1 aromatic carbocycles. The third-order valence-electron chi connectivity index (χ3n) is 2.37. The van der Waals surface area contributed by atoms with Crippen molar-refractivity contribution in [3.8, 4) is 5.75 Å². The highest BCUT2D eigenvalue weighted by Gasteiger charge is 2.07. The number of nitrogens with one attached hydrogen (secondary N) is 1. The maximum absolute atomic E-state index is 12.8. The summed E-state index contributed by atoms with van der Waals surface area (Å²) in [7, 11) is 0. The lowest BCUT2D eigenvalue weighted by Gasteiger charge is -2.02. The summed E-state index contributed by atoms with van der Waals surface area (Å²) in [6.45, 7) is 2.53. The first kappa shape index (κ1) is 14.2. The zero-order valence-corrected chi connectivity index (χ0v) is 11.6. The van der Waals surface area contributed by atoms with Gasteiger partial charge in [0.2, 0.25) is 0 Å². The summed E-state index contributed by atoms with van der Waals surface area (Å²) in [4.78, 5) is 11.9. The molecule has 20 heavy (non-hydrogen) atoms. The molecule has 0 aliphatic carbocycles. The van der Waals surface area contributed by atoms with Gasteiger partial charge in [0.1, 0.15) is 5.75 Å². The molecule has 2 rings (SSSR count). The van der Waals surface area contributed by atoms with Crippen LogP contribution in [-0.4, -0.2) is 18.7 Å². The Bertz CT molecular complexity index is 608. The van der Waals surface area contributed by atoms with Crippen molar-refractivity contribution in [3.05, 3.63) is 52.0 Å². The number of benzene rings is 1. The first-order chi connectivity index (χ1) is 9.69. The zero-order chi connectivity index (χ0) is 14.4. The van der Waals surface area contributed by atoms with Gasteiger partial charge in [-0.2, -0.15) is 9.49 Å². The molecule has 0 saturated heterocycles. The van der Waals surface area contributed by atoms with Gasteiger partial charge in [-0.1, -0.05) is 0 Å². The van der Waals surface area contributed by atoms with Crippen LogP contribution in [0.3, 0.4) is 0 Å². The van der Waals surface area contributed by atoms with Crippen LogP contribution in [0.15, 0.2) is 41.5 Å². The highest BCUT2D eigenvalue weighted by molar-refractivity contribution is 7.12. The van der Waals surface area contributed by atoms with E-state index in [-0.39, 0.29) is 4.88 Å². The van der Waals surface area contributed by atoms with E-state index in [1.807, 2.05) is 31.2 Å². The lowest BCUT2D eigenvalue weighted by Crippen LogP contribution is -2.16. The number of rotatable bonds is 5. The number of halogens is 1. The molecule has 6 heteroatoms. The summed E-state index contributed by atoms with van der Waals surface area (Å²) in [5.74, 6) is 0.351. The number of carbonyl (C=O) groups is 1. The molecule has 4 nitrogen and oxygen atoms in total. The Hall–Kier alpha value is -2.21. The Labute approximate surface area is 119 Å². The molecule has 0 radical (unpaired) electrons. The molecule has 1 heterocycles. The number of hydrogen-bond acceptors (Lipinski definition) is 4. The second kappa shape index (κ2) is 6.81. The van der Waals surface area contributed by atoms with Gasteiger partial charge in [0.05, 0.1) is 17.7 Å². The Morgan fingerprint density at radius 1 is 1.35 bits per heavy atom. The minimum Gasteiger partial charge on any atom is -0.494 e. The van der Waals surface area contributed by atoms with Gasteiger partial charge in [0.25, 0.3) is 5.91 Å². The predicted octanol–water partition coefficient (Wildman–Crippen LogP) is 3.05. The number of hydrazone groups is 1. The molecule has 2 aromatic rings. The number of ether oxygens (including phenoxy) is 1. The molecule has 0 spiro atoms. The Kier molecular flexibility index (Phi) is 4.84. The lowest BCUT2D eigenvalue weighted by molar-refractivity contribution is 0.0959. The minimum atomic E-state index is -0.430. The smallest absolute Gasteiger partial charge is 0.281 e. The van der Waals surface area contributed by atoms with Gasteiger partial charge in [-0.05, 0) is 48.9 Å². The maximum Gasteiger partial charge on any atom is 0.281 e. The van der Waals surface area contributed by atoms with Gasteiger partial charge in [-0.3, -0.25) is 4.79 Å². The Morgan fingerprint density at radius 2 is 2.10 bits per heavy atom. The van der Waals surface area contributed by atoms with Crippen LogP contribution in [-0.2, 0) is 0 Å². The molecule has 104 valence electrons. The highest BCUT2D eigenvalue weighted by atomic mass is 32.1. The van der Waals surface area contributed by atoms with Crippen molar-refractivity contribution in [2.24, 2.45) is 5.10 Å². The molecule has 1 amide bonds. The molecular formula is C14H13FN2O2S. The molecule has 0 bridgehead atoms. The van der Waals surface area contributed by atoms with E-state index in [1.165, 1.54) is 18.3 Å². The van der Waals surface area contributed by atoms with Gasteiger partial charge < -0.3 is 4.74 Å². The normalized spacial score (nSPS) is 10.7. The van der Waals surface area contributed by atoms with Crippen molar-refractivity contribution in [2.45, 2.75) is 6.92 Å². The van der Waals surface area contributed by atoms with E-state index < -0.39 is 11.0 Å². The van der Waals surface area contributed by atoms with Crippen LogP contribution in [0.25, 0.3) is 0 Å². The summed E-state index contributed by atoms with van der Waals surface area (Å²) in [6, 6.07) is 9.96. The lowest BCUT2D eigenvalue weighted by atomic mass is 10.2. The fourth-order valence-electron chi connectivity index (χ4n) is 1.47. The number of carbonyl (C=O) groups excluding carboxylic acids is 1. The number of nitrogens with zero attached hydrogens (tertiary/aromatic N) is 1. The topological polar surface area (TPSA) is 50.7 Å². The molecule has 1 N–H and O–H groups in total. The molecule has 0 aliphatic rings. The van der Waals surface area contributed by atoms with Crippen molar-refractivity contribution in [1.82, 2.24) is 5.43 Å². The van der Waals surface area contributed by atoms with Crippen LogP contribution < -0.4 is 10.2 Å². The first-order valence-corrected chi connectivity index (χ1v) is 6.82. The Morgan fingerprint density at radius 3 is 2.70 bits per heavy atom. The average Bonchev–Trinajstić information content (AvgIpc) is 2.88. The van der Waals surface area contributed by atoms with E-state index in [0.717, 1.165) is 22.6 Å². The third-order valence-corrected chi connectivity index (χ3v) is 3.24. The zero-order valence-electron chi connectivity index (χ0n) is 10.8. The van der Waals surface area contributed by atoms with Crippen LogP contribution in [0, 0.1) is 5.13 Å². The van der Waals surface area contributed by atoms with E-state index >= 15 is 0 Å². The number of hydrogen-bond donors (Lipinski definition) is 1. The van der Waals surface area contributed by atoms with Gasteiger partial charge in [0, 0.05) is 0 Å². The fraction of sp³-hybridized carbons (Fsp3) is 0.143. The monoisotopic (exact) mass is 292 g/mol. The molecule has 0 atom stereocenters. The summed E-state index contributed by atoms with van der Waals surface area (Å²) in [6.07, 6.45) is 1.51. The average molecular weight is 292 g/mol. The molecule has 0 saturated carbocycles. The van der Waals surface area contributed by atoms with Crippen molar-refractivity contribution >= 4 is 23.5 Å². The first-order valence-electron chi connectivity index (χ1n) is 6.00. The predicted molar refractivity (Wildman–Crippen MR) is 76.9 cm³/mol. The van der Waals surface area contributed by atoms with Crippen molar-refractivity contribution in [1.29, 1.82) is 0 Å². The van der Waals surface area contributed by atoms with Crippen LogP contribution in [0.4, 0.5) is 4.39 Å². The SMILES string of the molecule is CCOc1ccc(/C=N/NC(=O)c2ccc(F)s2)cc1. The van der Waals surface area contributed by atoms with Gasteiger partial charge >= 0.3 is 0 Å². The second-order valence-corrected chi connectivity index (χ2v) is 4.84. The molecule has 1 aromatic heterocycles. The maximum atomic E-state index is 12.8. The van der Waals surface area contributed by atoms with Gasteiger partial charge in [-0.15, -0.1) is 11.3 Å². The largest absolute Gasteiger partial charge is 0.494 e. The van der Waals surface area contributed by atoms with E-state index in [2.05, 4.69) is 10.5 Å². The van der Waals surface area contributed by atoms with Gasteiger partial charge in [0.15, 0.2) is 5.13 Å². The number of thiophene rings is 1. The Balaban J connectivity index is 1.91. The van der Waals surface area contributed by atoms with Crippen LogP contribution in [0.1, 0.15) is 22.2 Å². The summed E-state index contributed by atoms with van der Waals surface area (Å²) < 4.78 is 18.1. The van der Waals surface area contributed by atoms with Crippen molar-refractivity contribution in [3.63, 3.8) is 0 Å². The molecule has 0 unspecified atom stereocenters. The van der Waals surface area contributed by atoms with Gasteiger partial charge in [-0.25, -0.2) is 5.43 Å². The molecular weight excluding hydrogens is 279 g/mol. The van der Waals surface area contributed by atoms with Crippen LogP contribution >= 0.6 is 11.3 Å². The highest BCUT2D eigenvalue weighted by Crippen LogP contribution is 2.14. The molecule has 0 aliphatic heterocycles. The number of amides is 1. The summed E-state index contributed by atoms with van der Waals surface area (Å²) in [5, 5.41) is 3.42. The second-order valence-electron chi connectivity index (χ2n) is 3.80. The minimum absolute atomic E-state index is 0.284. The van der Waals surface area contributed by atoms with E-state index in [4.69, 9.17) is 4.74 Å². The fourth-order valence-corrected chi connectivity index (χ4v) is 2.09. The summed E-state index contributed by atoms with van der Waals surface area (Å²) >= 11 is 0.780. The summed E-state index contributed by atoms with van der Waals surface area (Å²) in [5.41, 5.74) is 3.17. The molecule has 0 fully saturated rings. The van der Waals surface area contributed by atoms with E-state index in [9.17, 15) is 9.18 Å². The van der Waals surface area contributed by atoms with Crippen LogP contribution in [0.5, 0.6) is 5.75 Å². The van der Waals surface area contributed by atoms with Crippen molar-refractivity contribution in [2.75, 3.05) is 6.61 Å². The quantitative estimate of drug-likeness (QED) is 0.680. The van der Waals surface area contributed by atoms with Crippen LogP contribution in [0.2, 0.25) is 0 Å². The van der Waals surface area contributed by atoms with E-state index in [0.29, 0.717) is 6.61 Å². The third kappa shape index (κ3) is 3.89. The van der Waals surface area contributed by atoms with E-state index in [1.54, 1.807) is 0 Å².